The number of aromatic nitrogens is 3. The molecule has 0 radical (unpaired) electrons. The summed E-state index contributed by atoms with van der Waals surface area (Å²) in [7, 11) is 3.85. The molecule has 18 heavy (non-hydrogen) atoms. The number of hydrogen-bond acceptors (Lipinski definition) is 3. The topological polar surface area (TPSA) is 42.7 Å². The van der Waals surface area contributed by atoms with Crippen LogP contribution < -0.4 is 5.32 Å². The molecule has 1 heterocycles. The van der Waals surface area contributed by atoms with Crippen LogP contribution in [-0.2, 0) is 13.5 Å². The van der Waals surface area contributed by atoms with Gasteiger partial charge in [0, 0.05) is 30.2 Å². The van der Waals surface area contributed by atoms with E-state index in [9.17, 15) is 0 Å². The fourth-order valence-electron chi connectivity index (χ4n) is 1.91. The summed E-state index contributed by atoms with van der Waals surface area (Å²) in [4.78, 5) is 0. The Labute approximate surface area is 116 Å². The van der Waals surface area contributed by atoms with E-state index in [0.29, 0.717) is 0 Å². The predicted molar refractivity (Wildman–Crippen MR) is 75.4 cm³/mol. The second kappa shape index (κ2) is 5.63. The Bertz CT molecular complexity index is 536. The van der Waals surface area contributed by atoms with Crippen molar-refractivity contribution in [2.45, 2.75) is 19.4 Å². The lowest BCUT2D eigenvalue weighted by Crippen LogP contribution is -2.19. The molecule has 1 N–H and O–H groups in total. The molecule has 0 aliphatic carbocycles. The van der Waals surface area contributed by atoms with Gasteiger partial charge in [-0.3, -0.25) is 4.68 Å². The van der Waals surface area contributed by atoms with Crippen LogP contribution in [0.25, 0.3) is 0 Å². The van der Waals surface area contributed by atoms with Gasteiger partial charge in [0.15, 0.2) is 0 Å². The second-order valence-corrected chi connectivity index (χ2v) is 5.29. The molecule has 0 saturated heterocycles. The fourth-order valence-corrected chi connectivity index (χ4v) is 2.31. The van der Waals surface area contributed by atoms with Crippen molar-refractivity contribution >= 4 is 15.9 Å². The molecule has 0 aliphatic rings. The predicted octanol–water partition coefficient (Wildman–Crippen LogP) is 2.39. The standard InChI is InChI=1S/C13H17BrN4/c1-9-4-5-10(6-12(9)14)13(15-2)7-11-8-18(3)17-16-11/h4-6,8,13,15H,7H2,1-3H3. The van der Waals surface area contributed by atoms with Gasteiger partial charge in [-0.25, -0.2) is 0 Å². The summed E-state index contributed by atoms with van der Waals surface area (Å²) in [5.74, 6) is 0. The molecule has 0 fully saturated rings. The summed E-state index contributed by atoms with van der Waals surface area (Å²) in [6.45, 7) is 2.09. The molecule has 0 spiro atoms. The first kappa shape index (κ1) is 13.2. The van der Waals surface area contributed by atoms with Gasteiger partial charge < -0.3 is 5.32 Å². The monoisotopic (exact) mass is 308 g/mol. The molecule has 0 amide bonds. The van der Waals surface area contributed by atoms with Crippen LogP contribution in [-0.4, -0.2) is 22.0 Å². The molecule has 0 aliphatic heterocycles. The van der Waals surface area contributed by atoms with Gasteiger partial charge in [-0.15, -0.1) is 5.10 Å². The highest BCUT2D eigenvalue weighted by Crippen LogP contribution is 2.23. The molecule has 0 saturated carbocycles. The Morgan fingerprint density at radius 2 is 2.22 bits per heavy atom. The number of likely N-dealkylation sites (N-methyl/N-ethyl adjacent to an activating group) is 1. The highest BCUT2D eigenvalue weighted by Gasteiger charge is 2.13. The summed E-state index contributed by atoms with van der Waals surface area (Å²) in [6, 6.07) is 6.68. The minimum Gasteiger partial charge on any atom is -0.313 e. The van der Waals surface area contributed by atoms with Crippen molar-refractivity contribution in [2.24, 2.45) is 7.05 Å². The Morgan fingerprint density at radius 3 is 2.78 bits per heavy atom. The molecule has 4 nitrogen and oxygen atoms in total. The minimum atomic E-state index is 0.249. The van der Waals surface area contributed by atoms with E-state index in [1.807, 2.05) is 20.3 Å². The van der Waals surface area contributed by atoms with Crippen LogP contribution in [0.2, 0.25) is 0 Å². The van der Waals surface area contributed by atoms with E-state index in [1.54, 1.807) is 4.68 Å². The van der Waals surface area contributed by atoms with E-state index in [4.69, 9.17) is 0 Å². The van der Waals surface area contributed by atoms with E-state index in [-0.39, 0.29) is 6.04 Å². The molecular formula is C13H17BrN4. The Balaban J connectivity index is 2.19. The van der Waals surface area contributed by atoms with Crippen LogP contribution in [0, 0.1) is 6.92 Å². The summed E-state index contributed by atoms with van der Waals surface area (Å²) in [5.41, 5.74) is 3.49. The summed E-state index contributed by atoms with van der Waals surface area (Å²) < 4.78 is 2.87. The van der Waals surface area contributed by atoms with Crippen molar-refractivity contribution < 1.29 is 0 Å². The van der Waals surface area contributed by atoms with Crippen LogP contribution in [0.1, 0.15) is 22.9 Å². The maximum Gasteiger partial charge on any atom is 0.0845 e. The third-order valence-electron chi connectivity index (χ3n) is 3.01. The number of rotatable bonds is 4. The first-order valence-electron chi connectivity index (χ1n) is 5.88. The van der Waals surface area contributed by atoms with Crippen LogP contribution in [0.15, 0.2) is 28.9 Å². The zero-order valence-corrected chi connectivity index (χ0v) is 12.4. The van der Waals surface area contributed by atoms with Gasteiger partial charge in [0.2, 0.25) is 0 Å². The first-order chi connectivity index (χ1) is 8.60. The first-order valence-corrected chi connectivity index (χ1v) is 6.68. The van der Waals surface area contributed by atoms with Gasteiger partial charge in [-0.2, -0.15) is 0 Å². The molecule has 1 atom stereocenters. The van der Waals surface area contributed by atoms with E-state index in [0.717, 1.165) is 16.6 Å². The third-order valence-corrected chi connectivity index (χ3v) is 3.86. The maximum absolute atomic E-state index is 4.13. The van der Waals surface area contributed by atoms with Crippen molar-refractivity contribution in [1.82, 2.24) is 20.3 Å². The Kier molecular flexibility index (Phi) is 4.14. The van der Waals surface area contributed by atoms with Gasteiger partial charge in [-0.05, 0) is 31.2 Å². The van der Waals surface area contributed by atoms with E-state index < -0.39 is 0 Å². The number of nitrogens with one attached hydrogen (secondary N) is 1. The molecule has 1 unspecified atom stereocenters. The zero-order chi connectivity index (χ0) is 13.1. The van der Waals surface area contributed by atoms with Crippen molar-refractivity contribution in [3.63, 3.8) is 0 Å². The quantitative estimate of drug-likeness (QED) is 0.943. The maximum atomic E-state index is 4.13. The number of hydrogen-bond donors (Lipinski definition) is 1. The summed E-state index contributed by atoms with van der Waals surface area (Å²) in [6.07, 6.45) is 2.79. The largest absolute Gasteiger partial charge is 0.313 e. The molecule has 5 heteroatoms. The van der Waals surface area contributed by atoms with Crippen molar-refractivity contribution in [3.8, 4) is 0 Å². The Morgan fingerprint density at radius 1 is 1.44 bits per heavy atom. The van der Waals surface area contributed by atoms with E-state index in [2.05, 4.69) is 56.7 Å². The highest BCUT2D eigenvalue weighted by atomic mass is 79.9. The average molecular weight is 309 g/mol. The summed E-state index contributed by atoms with van der Waals surface area (Å²) in [5, 5.41) is 11.4. The fraction of sp³-hybridized carbons (Fsp3) is 0.385. The van der Waals surface area contributed by atoms with Gasteiger partial charge >= 0.3 is 0 Å². The number of halogens is 1. The van der Waals surface area contributed by atoms with Crippen LogP contribution in [0.4, 0.5) is 0 Å². The SMILES string of the molecule is CNC(Cc1cn(C)nn1)c1ccc(C)c(Br)c1. The lowest BCUT2D eigenvalue weighted by Gasteiger charge is -2.16. The molecule has 2 aromatic rings. The molecule has 1 aromatic carbocycles. The lowest BCUT2D eigenvalue weighted by molar-refractivity contribution is 0.583. The molecule has 2 rings (SSSR count). The normalized spacial score (nSPS) is 12.7. The number of aryl methyl sites for hydroxylation is 2. The summed E-state index contributed by atoms with van der Waals surface area (Å²) >= 11 is 3.57. The number of benzene rings is 1. The third kappa shape index (κ3) is 2.97. The number of nitrogens with zero attached hydrogens (tertiary/aromatic N) is 3. The zero-order valence-electron chi connectivity index (χ0n) is 10.8. The van der Waals surface area contributed by atoms with E-state index in [1.165, 1.54) is 11.1 Å². The minimum absolute atomic E-state index is 0.249. The van der Waals surface area contributed by atoms with Gasteiger partial charge in [0.05, 0.1) is 5.69 Å². The molecule has 1 aromatic heterocycles. The molecular weight excluding hydrogens is 292 g/mol. The average Bonchev–Trinajstić information content (AvgIpc) is 2.75. The molecule has 0 bridgehead atoms. The van der Waals surface area contributed by atoms with E-state index >= 15 is 0 Å². The Hall–Kier alpha value is -1.20. The smallest absolute Gasteiger partial charge is 0.0845 e. The lowest BCUT2D eigenvalue weighted by atomic mass is 10.0. The van der Waals surface area contributed by atoms with Gasteiger partial charge in [-0.1, -0.05) is 33.3 Å². The van der Waals surface area contributed by atoms with Crippen molar-refractivity contribution in [2.75, 3.05) is 7.05 Å². The van der Waals surface area contributed by atoms with Crippen molar-refractivity contribution in [3.05, 3.63) is 45.7 Å². The van der Waals surface area contributed by atoms with Crippen molar-refractivity contribution in [1.29, 1.82) is 0 Å². The van der Waals surface area contributed by atoms with Crippen LogP contribution >= 0.6 is 15.9 Å². The second-order valence-electron chi connectivity index (χ2n) is 4.44. The van der Waals surface area contributed by atoms with Gasteiger partial charge in [0.25, 0.3) is 0 Å². The van der Waals surface area contributed by atoms with Crippen LogP contribution in [0.5, 0.6) is 0 Å². The van der Waals surface area contributed by atoms with Gasteiger partial charge in [0.1, 0.15) is 0 Å². The molecule has 96 valence electrons. The van der Waals surface area contributed by atoms with Crippen LogP contribution in [0.3, 0.4) is 0 Å². The highest BCUT2D eigenvalue weighted by molar-refractivity contribution is 9.10.